The number of carbonyl (C=O) groups excluding carboxylic acids is 1. The van der Waals surface area contributed by atoms with Crippen LogP contribution in [0.15, 0.2) is 30.5 Å². The SMILES string of the molecule is Cc1cn2c(n1)C(CNC(=O)N1CCC3(C1)Oc1ccccc1O3)CCC2. The predicted octanol–water partition coefficient (Wildman–Crippen LogP) is 2.65. The maximum absolute atomic E-state index is 12.7. The predicted molar refractivity (Wildman–Crippen MR) is 99.0 cm³/mol. The normalized spacial score (nSPS) is 22.1. The number of urea groups is 1. The van der Waals surface area contributed by atoms with E-state index in [9.17, 15) is 4.79 Å². The number of nitrogens with zero attached hydrogens (tertiary/aromatic N) is 3. The summed E-state index contributed by atoms with van der Waals surface area (Å²) in [6.07, 6.45) is 4.94. The Balaban J connectivity index is 1.20. The monoisotopic (exact) mass is 368 g/mol. The van der Waals surface area contributed by atoms with Gasteiger partial charge in [-0.2, -0.15) is 0 Å². The molecule has 1 aromatic carbocycles. The maximum atomic E-state index is 12.7. The van der Waals surface area contributed by atoms with E-state index in [2.05, 4.69) is 21.1 Å². The molecule has 0 bridgehead atoms. The van der Waals surface area contributed by atoms with Gasteiger partial charge < -0.3 is 24.3 Å². The van der Waals surface area contributed by atoms with Crippen LogP contribution in [-0.2, 0) is 6.54 Å². The summed E-state index contributed by atoms with van der Waals surface area (Å²) in [5.74, 6) is 2.14. The number of aromatic nitrogens is 2. The van der Waals surface area contributed by atoms with Crippen molar-refractivity contribution in [2.45, 2.75) is 44.4 Å². The quantitative estimate of drug-likeness (QED) is 0.885. The van der Waals surface area contributed by atoms with Crippen LogP contribution in [0.2, 0.25) is 0 Å². The third-order valence-electron chi connectivity index (χ3n) is 5.67. The number of para-hydroxylation sites is 2. The zero-order valence-corrected chi connectivity index (χ0v) is 15.5. The van der Waals surface area contributed by atoms with Crippen LogP contribution in [0.4, 0.5) is 4.79 Å². The Hall–Kier alpha value is -2.70. The number of hydrogen-bond donors (Lipinski definition) is 1. The van der Waals surface area contributed by atoms with Gasteiger partial charge in [-0.1, -0.05) is 12.1 Å². The van der Waals surface area contributed by atoms with Crippen molar-refractivity contribution in [1.82, 2.24) is 19.8 Å². The summed E-state index contributed by atoms with van der Waals surface area (Å²) in [6, 6.07) is 7.60. The highest BCUT2D eigenvalue weighted by atomic mass is 16.7. The highest BCUT2D eigenvalue weighted by Crippen LogP contribution is 2.42. The molecule has 27 heavy (non-hydrogen) atoms. The topological polar surface area (TPSA) is 68.6 Å². The van der Waals surface area contributed by atoms with E-state index in [1.807, 2.05) is 31.2 Å². The maximum Gasteiger partial charge on any atom is 0.317 e. The number of ether oxygens (including phenoxy) is 2. The van der Waals surface area contributed by atoms with Crippen molar-refractivity contribution < 1.29 is 14.3 Å². The number of amides is 2. The molecule has 3 aliphatic heterocycles. The zero-order valence-electron chi connectivity index (χ0n) is 15.5. The van der Waals surface area contributed by atoms with E-state index < -0.39 is 5.79 Å². The average molecular weight is 368 g/mol. The second kappa shape index (κ2) is 6.18. The van der Waals surface area contributed by atoms with E-state index in [1.54, 1.807) is 4.90 Å². The van der Waals surface area contributed by atoms with Crippen LogP contribution in [0.3, 0.4) is 0 Å². The Kier molecular flexibility index (Phi) is 3.77. The van der Waals surface area contributed by atoms with Gasteiger partial charge in [-0.15, -0.1) is 0 Å². The molecule has 0 aliphatic carbocycles. The first-order valence-corrected chi connectivity index (χ1v) is 9.65. The highest BCUT2D eigenvalue weighted by Gasteiger charge is 2.48. The van der Waals surface area contributed by atoms with Gasteiger partial charge in [0.1, 0.15) is 5.82 Å². The van der Waals surface area contributed by atoms with E-state index in [4.69, 9.17) is 9.47 Å². The van der Waals surface area contributed by atoms with Crippen molar-refractivity contribution in [3.05, 3.63) is 42.0 Å². The molecule has 1 atom stereocenters. The van der Waals surface area contributed by atoms with Crippen LogP contribution in [0.1, 0.15) is 36.7 Å². The molecule has 1 aromatic heterocycles. The molecule has 2 aromatic rings. The van der Waals surface area contributed by atoms with Crippen LogP contribution >= 0.6 is 0 Å². The van der Waals surface area contributed by atoms with Gasteiger partial charge in [-0.3, -0.25) is 0 Å². The molecule has 2 amide bonds. The smallest absolute Gasteiger partial charge is 0.317 e. The summed E-state index contributed by atoms with van der Waals surface area (Å²) in [6.45, 7) is 4.71. The zero-order chi connectivity index (χ0) is 18.4. The van der Waals surface area contributed by atoms with Crippen molar-refractivity contribution in [1.29, 1.82) is 0 Å². The van der Waals surface area contributed by atoms with Crippen molar-refractivity contribution in [2.75, 3.05) is 19.6 Å². The molecular weight excluding hydrogens is 344 g/mol. The van der Waals surface area contributed by atoms with Gasteiger partial charge in [-0.25, -0.2) is 9.78 Å². The Morgan fingerprint density at radius 3 is 2.85 bits per heavy atom. The lowest BCUT2D eigenvalue weighted by Crippen LogP contribution is -2.46. The summed E-state index contributed by atoms with van der Waals surface area (Å²) in [7, 11) is 0. The van der Waals surface area contributed by atoms with E-state index in [0.717, 1.165) is 42.4 Å². The Bertz CT molecular complexity index is 853. The fourth-order valence-electron chi connectivity index (χ4n) is 4.36. The van der Waals surface area contributed by atoms with Gasteiger partial charge in [0.15, 0.2) is 11.5 Å². The molecule has 7 heteroatoms. The molecule has 1 spiro atoms. The lowest BCUT2D eigenvalue weighted by Gasteiger charge is -2.26. The van der Waals surface area contributed by atoms with Gasteiger partial charge in [0.2, 0.25) is 0 Å². The highest BCUT2D eigenvalue weighted by molar-refractivity contribution is 5.74. The van der Waals surface area contributed by atoms with Gasteiger partial charge in [0, 0.05) is 38.2 Å². The van der Waals surface area contributed by atoms with E-state index in [-0.39, 0.29) is 11.9 Å². The molecule has 3 aliphatic rings. The summed E-state index contributed by atoms with van der Waals surface area (Å²) < 4.78 is 14.3. The van der Waals surface area contributed by atoms with Gasteiger partial charge >= 0.3 is 6.03 Å². The van der Waals surface area contributed by atoms with Crippen molar-refractivity contribution in [3.8, 4) is 11.5 Å². The van der Waals surface area contributed by atoms with Gasteiger partial charge in [0.05, 0.1) is 12.2 Å². The largest absolute Gasteiger partial charge is 0.447 e. The number of benzene rings is 1. The number of fused-ring (bicyclic) bond motifs is 2. The third kappa shape index (κ3) is 2.91. The van der Waals surface area contributed by atoms with E-state index in [0.29, 0.717) is 26.1 Å². The molecule has 142 valence electrons. The molecule has 7 nitrogen and oxygen atoms in total. The second-order valence-electron chi connectivity index (χ2n) is 7.69. The summed E-state index contributed by atoms with van der Waals surface area (Å²) in [4.78, 5) is 19.1. The standard InChI is InChI=1S/C20H24N4O3/c1-14-12-23-9-4-5-15(18(23)22-14)11-21-19(25)24-10-8-20(13-24)26-16-6-2-3-7-17(16)27-20/h2-3,6-7,12,15H,4-5,8-11,13H2,1H3,(H,21,25). The number of imidazole rings is 1. The van der Waals surface area contributed by atoms with Crippen molar-refractivity contribution in [2.24, 2.45) is 0 Å². The first-order valence-electron chi connectivity index (χ1n) is 9.65. The molecular formula is C20H24N4O3. The fraction of sp³-hybridized carbons (Fsp3) is 0.500. The van der Waals surface area contributed by atoms with Crippen LogP contribution in [-0.4, -0.2) is 45.9 Å². The molecule has 1 saturated heterocycles. The Morgan fingerprint density at radius 2 is 2.07 bits per heavy atom. The molecule has 1 N–H and O–H groups in total. The number of hydrogen-bond acceptors (Lipinski definition) is 4. The minimum absolute atomic E-state index is 0.0598. The Labute approximate surface area is 158 Å². The van der Waals surface area contributed by atoms with Crippen LogP contribution < -0.4 is 14.8 Å². The molecule has 0 saturated carbocycles. The average Bonchev–Trinajstić information content (AvgIpc) is 3.35. The number of rotatable bonds is 2. The molecule has 0 radical (unpaired) electrons. The molecule has 5 rings (SSSR count). The van der Waals surface area contributed by atoms with Crippen molar-refractivity contribution >= 4 is 6.03 Å². The summed E-state index contributed by atoms with van der Waals surface area (Å²) >= 11 is 0. The van der Waals surface area contributed by atoms with E-state index >= 15 is 0 Å². The van der Waals surface area contributed by atoms with Crippen LogP contribution in [0, 0.1) is 6.92 Å². The first-order chi connectivity index (χ1) is 13.1. The minimum Gasteiger partial charge on any atom is -0.447 e. The number of nitrogens with one attached hydrogen (secondary N) is 1. The van der Waals surface area contributed by atoms with Gasteiger partial charge in [0.25, 0.3) is 5.79 Å². The molecule has 1 fully saturated rings. The fourth-order valence-corrected chi connectivity index (χ4v) is 4.36. The molecule has 1 unspecified atom stereocenters. The van der Waals surface area contributed by atoms with E-state index in [1.165, 1.54) is 0 Å². The third-order valence-corrected chi connectivity index (χ3v) is 5.67. The van der Waals surface area contributed by atoms with Gasteiger partial charge in [-0.05, 0) is 31.9 Å². The number of aryl methyl sites for hydroxylation is 2. The van der Waals surface area contributed by atoms with Crippen LogP contribution in [0.25, 0.3) is 0 Å². The lowest BCUT2D eigenvalue weighted by atomic mass is 9.99. The molecule has 4 heterocycles. The first kappa shape index (κ1) is 16.5. The summed E-state index contributed by atoms with van der Waals surface area (Å²) in [5.41, 5.74) is 1.04. The van der Waals surface area contributed by atoms with Crippen molar-refractivity contribution in [3.63, 3.8) is 0 Å². The van der Waals surface area contributed by atoms with Crippen LogP contribution in [0.5, 0.6) is 11.5 Å². The Morgan fingerprint density at radius 1 is 1.30 bits per heavy atom. The number of carbonyl (C=O) groups is 1. The summed E-state index contributed by atoms with van der Waals surface area (Å²) in [5, 5.41) is 3.09. The minimum atomic E-state index is -0.737. The number of likely N-dealkylation sites (tertiary alicyclic amines) is 1. The lowest BCUT2D eigenvalue weighted by molar-refractivity contribution is -0.0650. The second-order valence-corrected chi connectivity index (χ2v) is 7.69.